The van der Waals surface area contributed by atoms with Crippen LogP contribution >= 0.6 is 11.3 Å². The van der Waals surface area contributed by atoms with Gasteiger partial charge < -0.3 is 14.5 Å². The molecule has 2 aromatic rings. The summed E-state index contributed by atoms with van der Waals surface area (Å²) in [5, 5.41) is 5.05. The molecule has 0 aromatic carbocycles. The van der Waals surface area contributed by atoms with Crippen LogP contribution in [0.1, 0.15) is 34.5 Å². The van der Waals surface area contributed by atoms with Crippen molar-refractivity contribution in [3.8, 4) is 0 Å². The molecule has 0 radical (unpaired) electrons. The zero-order valence-electron chi connectivity index (χ0n) is 13.6. The number of rotatable bonds is 4. The van der Waals surface area contributed by atoms with E-state index in [0.29, 0.717) is 6.61 Å². The topological polar surface area (TPSA) is 54.7 Å². The predicted molar refractivity (Wildman–Crippen MR) is 92.1 cm³/mol. The highest BCUT2D eigenvalue weighted by Crippen LogP contribution is 2.36. The maximum absolute atomic E-state index is 12.2. The van der Waals surface area contributed by atoms with Crippen molar-refractivity contribution in [3.63, 3.8) is 0 Å². The van der Waals surface area contributed by atoms with Crippen LogP contribution in [0.25, 0.3) is 0 Å². The summed E-state index contributed by atoms with van der Waals surface area (Å²) in [5.74, 6) is 0.0213. The van der Waals surface area contributed by atoms with E-state index in [9.17, 15) is 4.79 Å². The molecule has 2 fully saturated rings. The molecule has 1 amide bonds. The van der Waals surface area contributed by atoms with Crippen molar-refractivity contribution in [3.05, 3.63) is 46.5 Å². The minimum atomic E-state index is -0.0553. The number of amides is 1. The van der Waals surface area contributed by atoms with E-state index >= 15 is 0 Å². The summed E-state index contributed by atoms with van der Waals surface area (Å²) in [5.41, 5.74) is 1.17. The molecule has 1 atom stereocenters. The standard InChI is InChI=1S/C18H22N2O3S/c21-17(16-2-1-9-24-16)19-15-10-18(23-13-15)4-6-20(7-5-18)11-14-3-8-22-12-14/h1-3,8-9,12,15H,4-7,10-11,13H2,(H,19,21)/t15-/m0/s1. The SMILES string of the molecule is O=C(N[C@@H]1COC2(CCN(Cc3ccoc3)CC2)C1)c1cccs1. The molecule has 24 heavy (non-hydrogen) atoms. The fourth-order valence-electron chi connectivity index (χ4n) is 3.71. The van der Waals surface area contributed by atoms with Crippen LogP contribution in [-0.4, -0.2) is 42.1 Å². The number of furan rings is 1. The van der Waals surface area contributed by atoms with E-state index in [1.165, 1.54) is 16.9 Å². The lowest BCUT2D eigenvalue weighted by molar-refractivity contribution is -0.0449. The number of nitrogens with one attached hydrogen (secondary N) is 1. The van der Waals surface area contributed by atoms with Crippen LogP contribution in [0.2, 0.25) is 0 Å². The highest BCUT2D eigenvalue weighted by molar-refractivity contribution is 7.12. The van der Waals surface area contributed by atoms with Crippen LogP contribution in [-0.2, 0) is 11.3 Å². The number of carbonyl (C=O) groups is 1. The Balaban J connectivity index is 1.28. The quantitative estimate of drug-likeness (QED) is 0.925. The van der Waals surface area contributed by atoms with Gasteiger partial charge in [-0.2, -0.15) is 0 Å². The van der Waals surface area contributed by atoms with Crippen molar-refractivity contribution in [1.82, 2.24) is 10.2 Å². The van der Waals surface area contributed by atoms with Crippen molar-refractivity contribution >= 4 is 17.2 Å². The van der Waals surface area contributed by atoms with Crippen LogP contribution < -0.4 is 5.32 Å². The van der Waals surface area contributed by atoms with Crippen molar-refractivity contribution < 1.29 is 13.9 Å². The maximum atomic E-state index is 12.2. The number of likely N-dealkylation sites (tertiary alicyclic amines) is 1. The lowest BCUT2D eigenvalue weighted by Gasteiger charge is -2.38. The average molecular weight is 346 g/mol. The molecule has 0 unspecified atom stereocenters. The van der Waals surface area contributed by atoms with E-state index in [0.717, 1.165) is 43.8 Å². The Morgan fingerprint density at radius 2 is 2.25 bits per heavy atom. The Hall–Kier alpha value is -1.63. The predicted octanol–water partition coefficient (Wildman–Crippen LogP) is 2.89. The molecule has 5 nitrogen and oxygen atoms in total. The molecule has 2 aliphatic rings. The number of ether oxygens (including phenoxy) is 1. The summed E-state index contributed by atoms with van der Waals surface area (Å²) >= 11 is 1.48. The first-order valence-electron chi connectivity index (χ1n) is 8.44. The fraction of sp³-hybridized carbons (Fsp3) is 0.500. The lowest BCUT2D eigenvalue weighted by atomic mass is 9.87. The van der Waals surface area contributed by atoms with Gasteiger partial charge in [0.2, 0.25) is 0 Å². The van der Waals surface area contributed by atoms with Gasteiger partial charge in [-0.05, 0) is 36.8 Å². The molecular weight excluding hydrogens is 324 g/mol. The zero-order valence-corrected chi connectivity index (χ0v) is 14.4. The molecule has 128 valence electrons. The third-order valence-electron chi connectivity index (χ3n) is 5.04. The highest BCUT2D eigenvalue weighted by Gasteiger charge is 2.43. The summed E-state index contributed by atoms with van der Waals surface area (Å²) in [4.78, 5) is 15.4. The van der Waals surface area contributed by atoms with Gasteiger partial charge >= 0.3 is 0 Å². The Bertz CT molecular complexity index is 661. The molecule has 4 rings (SSSR count). The van der Waals surface area contributed by atoms with E-state index in [-0.39, 0.29) is 17.6 Å². The minimum Gasteiger partial charge on any atom is -0.472 e. The van der Waals surface area contributed by atoms with E-state index in [1.807, 2.05) is 29.8 Å². The first kappa shape index (κ1) is 15.9. The molecule has 4 heterocycles. The van der Waals surface area contributed by atoms with Crippen LogP contribution in [0.3, 0.4) is 0 Å². The Kier molecular flexibility index (Phi) is 4.43. The Labute approximate surface area is 145 Å². The first-order valence-corrected chi connectivity index (χ1v) is 9.32. The van der Waals surface area contributed by atoms with Crippen LogP contribution in [0.4, 0.5) is 0 Å². The summed E-state index contributed by atoms with van der Waals surface area (Å²) in [6, 6.07) is 5.91. The second-order valence-electron chi connectivity index (χ2n) is 6.75. The van der Waals surface area contributed by atoms with Gasteiger partial charge in [0, 0.05) is 25.2 Å². The summed E-state index contributed by atoms with van der Waals surface area (Å²) in [6.45, 7) is 3.61. The third kappa shape index (κ3) is 3.41. The van der Waals surface area contributed by atoms with Gasteiger partial charge in [-0.1, -0.05) is 6.07 Å². The highest BCUT2D eigenvalue weighted by atomic mass is 32.1. The third-order valence-corrected chi connectivity index (χ3v) is 5.91. The monoisotopic (exact) mass is 346 g/mol. The molecule has 2 aromatic heterocycles. The van der Waals surface area contributed by atoms with Gasteiger partial charge in [0.1, 0.15) is 0 Å². The van der Waals surface area contributed by atoms with Crippen LogP contribution in [0.5, 0.6) is 0 Å². The van der Waals surface area contributed by atoms with Crippen molar-refractivity contribution in [1.29, 1.82) is 0 Å². The zero-order chi connectivity index (χ0) is 16.4. The van der Waals surface area contributed by atoms with Gasteiger partial charge in [-0.25, -0.2) is 0 Å². The van der Waals surface area contributed by atoms with Crippen molar-refractivity contribution in [2.24, 2.45) is 0 Å². The molecule has 0 aliphatic carbocycles. The number of nitrogens with zero attached hydrogens (tertiary/aromatic N) is 1. The van der Waals surface area contributed by atoms with Gasteiger partial charge in [0.25, 0.3) is 5.91 Å². The molecule has 2 saturated heterocycles. The molecule has 2 aliphatic heterocycles. The smallest absolute Gasteiger partial charge is 0.261 e. The second-order valence-corrected chi connectivity index (χ2v) is 7.70. The van der Waals surface area contributed by atoms with E-state index in [2.05, 4.69) is 10.2 Å². The fourth-order valence-corrected chi connectivity index (χ4v) is 4.34. The van der Waals surface area contributed by atoms with Gasteiger partial charge in [-0.15, -0.1) is 11.3 Å². The molecule has 0 saturated carbocycles. The minimum absolute atomic E-state index is 0.0213. The van der Waals surface area contributed by atoms with Gasteiger partial charge in [0.15, 0.2) is 0 Å². The number of piperidine rings is 1. The van der Waals surface area contributed by atoms with Gasteiger partial charge in [0.05, 0.1) is 35.7 Å². The summed E-state index contributed by atoms with van der Waals surface area (Å²) < 4.78 is 11.3. The van der Waals surface area contributed by atoms with E-state index in [1.54, 1.807) is 6.26 Å². The average Bonchev–Trinajstić information content (AvgIpc) is 3.33. The van der Waals surface area contributed by atoms with E-state index < -0.39 is 0 Å². The van der Waals surface area contributed by atoms with Crippen molar-refractivity contribution in [2.75, 3.05) is 19.7 Å². The Morgan fingerprint density at radius 1 is 1.38 bits per heavy atom. The second kappa shape index (κ2) is 6.70. The summed E-state index contributed by atoms with van der Waals surface area (Å²) in [6.07, 6.45) is 6.50. The maximum Gasteiger partial charge on any atom is 0.261 e. The summed E-state index contributed by atoms with van der Waals surface area (Å²) in [7, 11) is 0. The Morgan fingerprint density at radius 3 is 2.96 bits per heavy atom. The normalized spacial score (nSPS) is 23.6. The number of thiophene rings is 1. The first-order chi connectivity index (χ1) is 11.7. The number of carbonyl (C=O) groups excluding carboxylic acids is 1. The van der Waals surface area contributed by atoms with Crippen LogP contribution in [0.15, 0.2) is 40.5 Å². The molecule has 1 N–H and O–H groups in total. The number of hydrogen-bond donors (Lipinski definition) is 1. The number of hydrogen-bond acceptors (Lipinski definition) is 5. The van der Waals surface area contributed by atoms with Crippen LogP contribution in [0, 0.1) is 0 Å². The van der Waals surface area contributed by atoms with Crippen molar-refractivity contribution in [2.45, 2.75) is 37.5 Å². The van der Waals surface area contributed by atoms with Gasteiger partial charge in [-0.3, -0.25) is 9.69 Å². The molecule has 6 heteroatoms. The lowest BCUT2D eigenvalue weighted by Crippen LogP contribution is -2.44. The molecule has 1 spiro atoms. The molecule has 0 bridgehead atoms. The van der Waals surface area contributed by atoms with E-state index in [4.69, 9.17) is 9.15 Å². The molecular formula is C18H22N2O3S. The largest absolute Gasteiger partial charge is 0.472 e.